The first kappa shape index (κ1) is 14.0. The summed E-state index contributed by atoms with van der Waals surface area (Å²) >= 11 is 0. The van der Waals surface area contributed by atoms with Gasteiger partial charge in [-0.1, -0.05) is 12.1 Å². The SMILES string of the molecule is Cn1cc(NCc2ccc(OC(F)F)cc2)ccc1=O. The van der Waals surface area contributed by atoms with E-state index < -0.39 is 6.61 Å². The van der Waals surface area contributed by atoms with E-state index in [1.54, 1.807) is 31.4 Å². The van der Waals surface area contributed by atoms with Gasteiger partial charge in [0, 0.05) is 25.9 Å². The lowest BCUT2D eigenvalue weighted by Gasteiger charge is -2.09. The zero-order valence-corrected chi connectivity index (χ0v) is 10.8. The highest BCUT2D eigenvalue weighted by Crippen LogP contribution is 2.15. The van der Waals surface area contributed by atoms with Crippen molar-refractivity contribution in [1.29, 1.82) is 0 Å². The van der Waals surface area contributed by atoms with Gasteiger partial charge < -0.3 is 14.6 Å². The molecule has 0 unspecified atom stereocenters. The zero-order chi connectivity index (χ0) is 14.5. The van der Waals surface area contributed by atoms with Crippen LogP contribution >= 0.6 is 0 Å². The summed E-state index contributed by atoms with van der Waals surface area (Å²) in [6.07, 6.45) is 1.69. The molecule has 6 heteroatoms. The highest BCUT2D eigenvalue weighted by Gasteiger charge is 2.03. The molecule has 2 aromatic rings. The van der Waals surface area contributed by atoms with Crippen molar-refractivity contribution in [3.63, 3.8) is 0 Å². The molecule has 106 valence electrons. The van der Waals surface area contributed by atoms with Crippen LogP contribution in [-0.2, 0) is 13.6 Å². The summed E-state index contributed by atoms with van der Waals surface area (Å²) in [5.74, 6) is 0.130. The van der Waals surface area contributed by atoms with Crippen LogP contribution in [-0.4, -0.2) is 11.2 Å². The van der Waals surface area contributed by atoms with Crippen molar-refractivity contribution in [2.24, 2.45) is 7.05 Å². The van der Waals surface area contributed by atoms with E-state index in [0.717, 1.165) is 11.3 Å². The van der Waals surface area contributed by atoms with Crippen LogP contribution in [0.5, 0.6) is 5.75 Å². The van der Waals surface area contributed by atoms with Crippen molar-refractivity contribution in [1.82, 2.24) is 4.57 Å². The van der Waals surface area contributed by atoms with Gasteiger partial charge >= 0.3 is 6.61 Å². The molecule has 2 rings (SSSR count). The molecule has 1 aromatic heterocycles. The van der Waals surface area contributed by atoms with Gasteiger partial charge in [0.1, 0.15) is 5.75 Å². The number of hydrogen-bond acceptors (Lipinski definition) is 3. The van der Waals surface area contributed by atoms with E-state index >= 15 is 0 Å². The molecule has 0 spiro atoms. The van der Waals surface area contributed by atoms with Crippen LogP contribution < -0.4 is 15.6 Å². The Morgan fingerprint density at radius 1 is 1.20 bits per heavy atom. The first-order valence-electron chi connectivity index (χ1n) is 5.99. The lowest BCUT2D eigenvalue weighted by atomic mass is 10.2. The molecule has 0 bridgehead atoms. The van der Waals surface area contributed by atoms with Gasteiger partial charge in [-0.3, -0.25) is 4.79 Å². The van der Waals surface area contributed by atoms with Crippen LogP contribution in [0, 0.1) is 0 Å². The maximum absolute atomic E-state index is 12.0. The van der Waals surface area contributed by atoms with E-state index in [-0.39, 0.29) is 11.3 Å². The quantitative estimate of drug-likeness (QED) is 0.915. The number of nitrogens with one attached hydrogen (secondary N) is 1. The second-order valence-corrected chi connectivity index (χ2v) is 4.24. The van der Waals surface area contributed by atoms with E-state index in [9.17, 15) is 13.6 Å². The Morgan fingerprint density at radius 3 is 2.50 bits per heavy atom. The Bertz CT molecular complexity index is 624. The van der Waals surface area contributed by atoms with Gasteiger partial charge in [-0.25, -0.2) is 0 Å². The van der Waals surface area contributed by atoms with Gasteiger partial charge in [0.15, 0.2) is 0 Å². The fourth-order valence-electron chi connectivity index (χ4n) is 1.69. The number of aryl methyl sites for hydroxylation is 1. The molecule has 1 heterocycles. The standard InChI is InChI=1S/C14H14F2N2O2/c1-18-9-11(4-7-13(18)19)17-8-10-2-5-12(6-3-10)20-14(15)16/h2-7,9,14,17H,8H2,1H3. The summed E-state index contributed by atoms with van der Waals surface area (Å²) in [5, 5.41) is 3.14. The number of benzene rings is 1. The van der Waals surface area contributed by atoms with Gasteiger partial charge in [-0.05, 0) is 23.8 Å². The first-order chi connectivity index (χ1) is 9.54. The summed E-state index contributed by atoms with van der Waals surface area (Å²) in [6.45, 7) is -2.29. The van der Waals surface area contributed by atoms with Crippen molar-refractivity contribution < 1.29 is 13.5 Å². The number of anilines is 1. The molecule has 0 saturated heterocycles. The van der Waals surface area contributed by atoms with Gasteiger partial charge in [-0.2, -0.15) is 8.78 Å². The minimum Gasteiger partial charge on any atom is -0.435 e. The fraction of sp³-hybridized carbons (Fsp3) is 0.214. The second-order valence-electron chi connectivity index (χ2n) is 4.24. The monoisotopic (exact) mass is 280 g/mol. The molecule has 0 radical (unpaired) electrons. The normalized spacial score (nSPS) is 10.6. The minimum atomic E-state index is -2.82. The molecule has 0 aliphatic rings. The van der Waals surface area contributed by atoms with Crippen LogP contribution in [0.1, 0.15) is 5.56 Å². The van der Waals surface area contributed by atoms with E-state index in [4.69, 9.17) is 0 Å². The smallest absolute Gasteiger partial charge is 0.387 e. The minimum absolute atomic E-state index is 0.0796. The zero-order valence-electron chi connectivity index (χ0n) is 10.8. The van der Waals surface area contributed by atoms with Gasteiger partial charge in [0.2, 0.25) is 5.56 Å². The lowest BCUT2D eigenvalue weighted by molar-refractivity contribution is -0.0498. The number of hydrogen-bond donors (Lipinski definition) is 1. The van der Waals surface area contributed by atoms with Gasteiger partial charge in [-0.15, -0.1) is 0 Å². The molecule has 1 N–H and O–H groups in total. The lowest BCUT2D eigenvalue weighted by Crippen LogP contribution is -2.15. The Balaban J connectivity index is 1.96. The van der Waals surface area contributed by atoms with Crippen LogP contribution in [0.25, 0.3) is 0 Å². The first-order valence-corrected chi connectivity index (χ1v) is 5.99. The fourth-order valence-corrected chi connectivity index (χ4v) is 1.69. The third-order valence-corrected chi connectivity index (χ3v) is 2.73. The molecule has 0 saturated carbocycles. The third kappa shape index (κ3) is 3.81. The number of rotatable bonds is 5. The Labute approximate surface area is 114 Å². The van der Waals surface area contributed by atoms with Crippen molar-refractivity contribution in [2.45, 2.75) is 13.2 Å². The third-order valence-electron chi connectivity index (χ3n) is 2.73. The van der Waals surface area contributed by atoms with Crippen LogP contribution in [0.2, 0.25) is 0 Å². The molecule has 4 nitrogen and oxygen atoms in total. The molecule has 0 aliphatic carbocycles. The van der Waals surface area contributed by atoms with E-state index in [1.807, 2.05) is 0 Å². The summed E-state index contributed by atoms with van der Waals surface area (Å²) < 4.78 is 29.7. The topological polar surface area (TPSA) is 43.3 Å². The largest absolute Gasteiger partial charge is 0.435 e. The van der Waals surface area contributed by atoms with Crippen molar-refractivity contribution in [2.75, 3.05) is 5.32 Å². The van der Waals surface area contributed by atoms with Crippen molar-refractivity contribution in [3.8, 4) is 5.75 Å². The van der Waals surface area contributed by atoms with Gasteiger partial charge in [0.25, 0.3) is 0 Å². The Kier molecular flexibility index (Phi) is 4.34. The van der Waals surface area contributed by atoms with Gasteiger partial charge in [0.05, 0.1) is 5.69 Å². The van der Waals surface area contributed by atoms with Crippen LogP contribution in [0.3, 0.4) is 0 Å². The average molecular weight is 280 g/mol. The highest BCUT2D eigenvalue weighted by atomic mass is 19.3. The second kappa shape index (κ2) is 6.18. The maximum atomic E-state index is 12.0. The number of aromatic nitrogens is 1. The van der Waals surface area contributed by atoms with Crippen molar-refractivity contribution in [3.05, 3.63) is 58.5 Å². The predicted octanol–water partition coefficient (Wildman–Crippen LogP) is 2.60. The molecule has 0 aliphatic heterocycles. The summed E-state index contributed by atoms with van der Waals surface area (Å²) in [4.78, 5) is 11.2. The number of pyridine rings is 1. The Hall–Kier alpha value is -2.37. The molecular weight excluding hydrogens is 266 g/mol. The molecule has 0 atom stereocenters. The number of halogens is 2. The summed E-state index contributed by atoms with van der Waals surface area (Å²) in [7, 11) is 1.67. The summed E-state index contributed by atoms with van der Waals surface area (Å²) in [6, 6.07) is 9.55. The molecular formula is C14H14F2N2O2. The predicted molar refractivity (Wildman–Crippen MR) is 72.1 cm³/mol. The average Bonchev–Trinajstić information content (AvgIpc) is 2.41. The Morgan fingerprint density at radius 2 is 1.90 bits per heavy atom. The van der Waals surface area contributed by atoms with Crippen LogP contribution in [0.15, 0.2) is 47.4 Å². The van der Waals surface area contributed by atoms with E-state index in [0.29, 0.717) is 6.54 Å². The molecule has 0 fully saturated rings. The molecule has 20 heavy (non-hydrogen) atoms. The highest BCUT2D eigenvalue weighted by molar-refractivity contribution is 5.41. The van der Waals surface area contributed by atoms with E-state index in [2.05, 4.69) is 10.1 Å². The maximum Gasteiger partial charge on any atom is 0.387 e. The van der Waals surface area contributed by atoms with Crippen LogP contribution in [0.4, 0.5) is 14.5 Å². The number of ether oxygens (including phenoxy) is 1. The van der Waals surface area contributed by atoms with Crippen molar-refractivity contribution >= 4 is 5.69 Å². The summed E-state index contributed by atoms with van der Waals surface area (Å²) in [5.41, 5.74) is 1.64. The molecule has 0 amide bonds. The number of nitrogens with zero attached hydrogens (tertiary/aromatic N) is 1. The number of alkyl halides is 2. The molecule has 1 aromatic carbocycles. The van der Waals surface area contributed by atoms with E-state index in [1.165, 1.54) is 22.8 Å².